The summed E-state index contributed by atoms with van der Waals surface area (Å²) in [5, 5.41) is 3.62. The van der Waals surface area contributed by atoms with Gasteiger partial charge in [0, 0.05) is 19.8 Å². The molecule has 21 heavy (non-hydrogen) atoms. The van der Waals surface area contributed by atoms with Crippen molar-refractivity contribution in [2.45, 2.75) is 25.4 Å². The summed E-state index contributed by atoms with van der Waals surface area (Å²) in [6.45, 7) is 2.04. The van der Waals surface area contributed by atoms with Crippen molar-refractivity contribution in [3.05, 3.63) is 29.9 Å². The van der Waals surface area contributed by atoms with E-state index in [9.17, 15) is 4.79 Å². The molecule has 1 unspecified atom stereocenters. The molecular weight excluding hydrogens is 277 g/mol. The van der Waals surface area contributed by atoms with Crippen LogP contribution in [0.3, 0.4) is 0 Å². The van der Waals surface area contributed by atoms with Crippen LogP contribution in [0.5, 0.6) is 0 Å². The second kappa shape index (κ2) is 4.94. The van der Waals surface area contributed by atoms with E-state index in [0.717, 1.165) is 0 Å². The topological polar surface area (TPSA) is 77.0 Å². The molecule has 1 saturated heterocycles. The molecule has 1 aliphatic rings. The van der Waals surface area contributed by atoms with E-state index in [1.54, 1.807) is 31.1 Å². The number of hydrogen-bond donors (Lipinski definition) is 0. The molecule has 0 aliphatic carbocycles. The molecule has 3 rings (SSSR count). The lowest BCUT2D eigenvalue weighted by Gasteiger charge is -2.34. The van der Waals surface area contributed by atoms with E-state index < -0.39 is 5.67 Å². The lowest BCUT2D eigenvalue weighted by atomic mass is 9.94. The third kappa shape index (κ3) is 2.53. The van der Waals surface area contributed by atoms with Gasteiger partial charge in [0.25, 0.3) is 11.8 Å². The van der Waals surface area contributed by atoms with Crippen LogP contribution in [-0.4, -0.2) is 43.6 Å². The molecule has 0 aromatic carbocycles. The largest absolute Gasteiger partial charge is 0.340 e. The molecule has 1 aliphatic heterocycles. The molecular formula is C13H16FN5O2. The van der Waals surface area contributed by atoms with Crippen LogP contribution in [0.4, 0.5) is 4.39 Å². The fourth-order valence-electron chi connectivity index (χ4n) is 2.52. The molecule has 1 amide bonds. The van der Waals surface area contributed by atoms with E-state index >= 15 is 4.39 Å². The first-order valence-electron chi connectivity index (χ1n) is 6.75. The highest BCUT2D eigenvalue weighted by Crippen LogP contribution is 2.34. The minimum Gasteiger partial charge on any atom is -0.340 e. The molecule has 112 valence electrons. The number of aromatic nitrogens is 4. The Hall–Kier alpha value is -2.25. The van der Waals surface area contributed by atoms with Crippen molar-refractivity contribution in [3.63, 3.8) is 0 Å². The number of likely N-dealkylation sites (tertiary alicyclic amines) is 1. The van der Waals surface area contributed by atoms with Gasteiger partial charge in [-0.1, -0.05) is 5.16 Å². The average molecular weight is 293 g/mol. The van der Waals surface area contributed by atoms with Crippen molar-refractivity contribution in [1.82, 2.24) is 24.6 Å². The van der Waals surface area contributed by atoms with Crippen LogP contribution < -0.4 is 0 Å². The number of carbonyl (C=O) groups is 1. The molecule has 7 nitrogen and oxygen atoms in total. The zero-order valence-electron chi connectivity index (χ0n) is 11.9. The van der Waals surface area contributed by atoms with Crippen LogP contribution in [0.15, 0.2) is 17.0 Å². The van der Waals surface area contributed by atoms with Crippen LogP contribution >= 0.6 is 0 Å². The third-order valence-corrected chi connectivity index (χ3v) is 3.56. The smallest absolute Gasteiger partial charge is 0.274 e. The van der Waals surface area contributed by atoms with Crippen molar-refractivity contribution >= 4 is 5.91 Å². The first kappa shape index (κ1) is 13.7. The molecule has 2 aromatic heterocycles. The van der Waals surface area contributed by atoms with Crippen LogP contribution in [0.25, 0.3) is 0 Å². The number of rotatable bonds is 2. The second-order valence-electron chi connectivity index (χ2n) is 5.37. The Morgan fingerprint density at radius 1 is 1.52 bits per heavy atom. The molecule has 8 heteroatoms. The zero-order valence-corrected chi connectivity index (χ0v) is 11.9. The molecule has 0 bridgehead atoms. The molecule has 1 fully saturated rings. The van der Waals surface area contributed by atoms with Gasteiger partial charge in [0.2, 0.25) is 5.67 Å². The summed E-state index contributed by atoms with van der Waals surface area (Å²) < 4.78 is 21.7. The third-order valence-electron chi connectivity index (χ3n) is 3.56. The molecule has 2 aromatic rings. The number of imidazole rings is 1. The van der Waals surface area contributed by atoms with E-state index in [1.807, 2.05) is 0 Å². The predicted molar refractivity (Wildman–Crippen MR) is 70.2 cm³/mol. The van der Waals surface area contributed by atoms with Crippen LogP contribution in [0.1, 0.15) is 35.0 Å². The highest BCUT2D eigenvalue weighted by Gasteiger charge is 2.44. The van der Waals surface area contributed by atoms with E-state index in [-0.39, 0.29) is 24.8 Å². The van der Waals surface area contributed by atoms with E-state index in [0.29, 0.717) is 24.5 Å². The predicted octanol–water partition coefficient (Wildman–Crippen LogP) is 1.21. The summed E-state index contributed by atoms with van der Waals surface area (Å²) in [6, 6.07) is 0. The van der Waals surface area contributed by atoms with Gasteiger partial charge in [-0.3, -0.25) is 4.79 Å². The number of alkyl halides is 1. The van der Waals surface area contributed by atoms with E-state index in [2.05, 4.69) is 15.1 Å². The summed E-state index contributed by atoms with van der Waals surface area (Å²) in [5.41, 5.74) is -1.48. The Morgan fingerprint density at radius 2 is 2.33 bits per heavy atom. The average Bonchev–Trinajstić information content (AvgIpc) is 3.07. The molecule has 0 saturated carbocycles. The van der Waals surface area contributed by atoms with Gasteiger partial charge < -0.3 is 14.0 Å². The minimum atomic E-state index is -1.79. The lowest BCUT2D eigenvalue weighted by Crippen LogP contribution is -2.46. The number of aryl methyl sites for hydroxylation is 2. The maximum absolute atomic E-state index is 15.0. The number of nitrogens with zero attached hydrogens (tertiary/aromatic N) is 5. The van der Waals surface area contributed by atoms with Gasteiger partial charge in [-0.15, -0.1) is 0 Å². The number of piperidine rings is 1. The SMILES string of the molecule is Cc1noc(C2(F)CCCN(C(=O)c3cn(C)cn3)C2)n1. The van der Waals surface area contributed by atoms with Gasteiger partial charge in [0.05, 0.1) is 12.9 Å². The lowest BCUT2D eigenvalue weighted by molar-refractivity contribution is 0.0149. The number of hydrogen-bond acceptors (Lipinski definition) is 5. The number of amides is 1. The van der Waals surface area contributed by atoms with Crippen molar-refractivity contribution in [1.29, 1.82) is 0 Å². The van der Waals surface area contributed by atoms with E-state index in [1.165, 1.54) is 4.90 Å². The fraction of sp³-hybridized carbons (Fsp3) is 0.538. The van der Waals surface area contributed by atoms with Gasteiger partial charge in [-0.2, -0.15) is 4.98 Å². The Bertz CT molecular complexity index is 667. The number of halogens is 1. The summed E-state index contributed by atoms with van der Waals surface area (Å²) >= 11 is 0. The summed E-state index contributed by atoms with van der Waals surface area (Å²) in [7, 11) is 1.78. The Labute approximate surface area is 120 Å². The van der Waals surface area contributed by atoms with Crippen molar-refractivity contribution in [2.75, 3.05) is 13.1 Å². The molecule has 0 spiro atoms. The highest BCUT2D eigenvalue weighted by atomic mass is 19.1. The maximum atomic E-state index is 15.0. The van der Waals surface area contributed by atoms with E-state index in [4.69, 9.17) is 4.52 Å². The van der Waals surface area contributed by atoms with Crippen molar-refractivity contribution < 1.29 is 13.7 Å². The standard InChI is InChI=1S/C13H16FN5O2/c1-9-16-12(21-17-9)13(14)4-3-5-19(7-13)11(20)10-6-18(2)8-15-10/h6,8H,3-5,7H2,1-2H3. The molecule has 3 heterocycles. The van der Waals surface area contributed by atoms with Gasteiger partial charge >= 0.3 is 0 Å². The van der Waals surface area contributed by atoms with Crippen molar-refractivity contribution in [2.24, 2.45) is 7.05 Å². The van der Waals surface area contributed by atoms with Gasteiger partial charge in [-0.25, -0.2) is 9.37 Å². The summed E-state index contributed by atoms with van der Waals surface area (Å²) in [5.74, 6) is 0.0438. The Balaban J connectivity index is 1.81. The first-order chi connectivity index (χ1) is 9.98. The zero-order chi connectivity index (χ0) is 15.0. The van der Waals surface area contributed by atoms with Gasteiger partial charge in [0.15, 0.2) is 5.82 Å². The second-order valence-corrected chi connectivity index (χ2v) is 5.37. The normalized spacial score (nSPS) is 22.5. The highest BCUT2D eigenvalue weighted by molar-refractivity contribution is 5.92. The Morgan fingerprint density at radius 3 is 2.95 bits per heavy atom. The first-order valence-corrected chi connectivity index (χ1v) is 6.75. The van der Waals surface area contributed by atoms with Gasteiger partial charge in [-0.05, 0) is 19.8 Å². The monoisotopic (exact) mass is 293 g/mol. The van der Waals surface area contributed by atoms with Crippen molar-refractivity contribution in [3.8, 4) is 0 Å². The maximum Gasteiger partial charge on any atom is 0.274 e. The van der Waals surface area contributed by atoms with Crippen LogP contribution in [-0.2, 0) is 12.7 Å². The molecule has 0 N–H and O–H groups in total. The minimum absolute atomic E-state index is 0.0569. The molecule has 0 radical (unpaired) electrons. The number of carbonyl (C=O) groups excluding carboxylic acids is 1. The van der Waals surface area contributed by atoms with Gasteiger partial charge in [0.1, 0.15) is 5.69 Å². The summed E-state index contributed by atoms with van der Waals surface area (Å²) in [4.78, 5) is 21.8. The van der Waals surface area contributed by atoms with Crippen LogP contribution in [0.2, 0.25) is 0 Å². The summed E-state index contributed by atoms with van der Waals surface area (Å²) in [6.07, 6.45) is 3.96. The Kier molecular flexibility index (Phi) is 3.23. The molecule has 1 atom stereocenters. The van der Waals surface area contributed by atoms with Crippen LogP contribution in [0, 0.1) is 6.92 Å². The quantitative estimate of drug-likeness (QED) is 0.832. The fourth-order valence-corrected chi connectivity index (χ4v) is 2.52.